The fourth-order valence-electron chi connectivity index (χ4n) is 2.99. The number of piperidine rings is 1. The van der Waals surface area contributed by atoms with Gasteiger partial charge in [0, 0.05) is 19.3 Å². The van der Waals surface area contributed by atoms with Gasteiger partial charge in [0.15, 0.2) is 0 Å². The molecule has 0 radical (unpaired) electrons. The monoisotopic (exact) mass is 380 g/mol. The summed E-state index contributed by atoms with van der Waals surface area (Å²) < 4.78 is 39.3. The van der Waals surface area contributed by atoms with Gasteiger partial charge in [0.2, 0.25) is 15.9 Å². The van der Waals surface area contributed by atoms with Crippen molar-refractivity contribution in [1.82, 2.24) is 14.1 Å². The highest BCUT2D eigenvalue weighted by molar-refractivity contribution is 7.88. The highest BCUT2D eigenvalue weighted by Gasteiger charge is 2.30. The summed E-state index contributed by atoms with van der Waals surface area (Å²) in [7, 11) is -3.29. The molecule has 2 heterocycles. The van der Waals surface area contributed by atoms with Crippen LogP contribution in [0, 0.1) is 11.7 Å². The first-order valence-electron chi connectivity index (χ1n) is 8.34. The number of hydrogen-bond donors (Lipinski definition) is 1. The van der Waals surface area contributed by atoms with E-state index in [1.165, 1.54) is 16.4 Å². The van der Waals surface area contributed by atoms with Gasteiger partial charge in [-0.3, -0.25) is 9.48 Å². The largest absolute Gasteiger partial charge is 0.323 e. The average molecular weight is 380 g/mol. The summed E-state index contributed by atoms with van der Waals surface area (Å²) in [5.41, 5.74) is 1.44. The lowest BCUT2D eigenvalue weighted by Gasteiger charge is -2.29. The topological polar surface area (TPSA) is 84.3 Å². The number of carbonyl (C=O) groups is 1. The van der Waals surface area contributed by atoms with Gasteiger partial charge in [-0.15, -0.1) is 0 Å². The number of hydrogen-bond acceptors (Lipinski definition) is 4. The van der Waals surface area contributed by atoms with Crippen molar-refractivity contribution in [2.24, 2.45) is 5.92 Å². The van der Waals surface area contributed by atoms with Crippen molar-refractivity contribution in [3.8, 4) is 0 Å². The molecule has 0 aliphatic carbocycles. The van der Waals surface area contributed by atoms with Crippen LogP contribution in [-0.4, -0.2) is 47.8 Å². The van der Waals surface area contributed by atoms with E-state index in [9.17, 15) is 17.6 Å². The van der Waals surface area contributed by atoms with Crippen molar-refractivity contribution in [2.45, 2.75) is 19.4 Å². The Morgan fingerprint density at radius 3 is 2.77 bits per heavy atom. The van der Waals surface area contributed by atoms with Crippen LogP contribution in [0.1, 0.15) is 18.4 Å². The van der Waals surface area contributed by atoms with E-state index in [2.05, 4.69) is 10.4 Å². The highest BCUT2D eigenvalue weighted by atomic mass is 32.2. The predicted molar refractivity (Wildman–Crippen MR) is 95.5 cm³/mol. The number of benzene rings is 1. The fourth-order valence-corrected chi connectivity index (χ4v) is 3.90. The van der Waals surface area contributed by atoms with Crippen LogP contribution in [0.3, 0.4) is 0 Å². The average Bonchev–Trinajstić information content (AvgIpc) is 3.03. The summed E-state index contributed by atoms with van der Waals surface area (Å²) in [6, 6.07) is 6.13. The normalized spacial score (nSPS) is 18.6. The van der Waals surface area contributed by atoms with Crippen LogP contribution in [0.25, 0.3) is 0 Å². The second kappa shape index (κ2) is 7.55. The summed E-state index contributed by atoms with van der Waals surface area (Å²) >= 11 is 0. The van der Waals surface area contributed by atoms with Crippen molar-refractivity contribution in [3.05, 3.63) is 48.0 Å². The molecule has 0 saturated carbocycles. The molecule has 26 heavy (non-hydrogen) atoms. The molecule has 1 aliphatic heterocycles. The molecule has 1 aromatic carbocycles. The number of rotatable bonds is 5. The summed E-state index contributed by atoms with van der Waals surface area (Å²) in [4.78, 5) is 12.4. The number of sulfonamides is 1. The molecule has 7 nitrogen and oxygen atoms in total. The molecule has 140 valence electrons. The Hall–Kier alpha value is -2.26. The third kappa shape index (κ3) is 4.67. The Morgan fingerprint density at radius 2 is 2.08 bits per heavy atom. The van der Waals surface area contributed by atoms with Gasteiger partial charge in [-0.1, -0.05) is 12.1 Å². The molecule has 1 fully saturated rings. The number of aromatic nitrogens is 2. The van der Waals surface area contributed by atoms with Crippen molar-refractivity contribution < 1.29 is 17.6 Å². The molecule has 1 saturated heterocycles. The molecule has 1 aliphatic rings. The smallest absolute Gasteiger partial charge is 0.228 e. The number of halogens is 1. The van der Waals surface area contributed by atoms with E-state index in [0.29, 0.717) is 31.6 Å². The van der Waals surface area contributed by atoms with E-state index >= 15 is 0 Å². The molecule has 0 spiro atoms. The fraction of sp³-hybridized carbons (Fsp3) is 0.412. The van der Waals surface area contributed by atoms with Gasteiger partial charge >= 0.3 is 0 Å². The number of anilines is 1. The molecule has 0 bridgehead atoms. The maximum absolute atomic E-state index is 12.9. The molecule has 2 aromatic rings. The molecule has 1 amide bonds. The van der Waals surface area contributed by atoms with Crippen LogP contribution in [0.4, 0.5) is 10.1 Å². The summed E-state index contributed by atoms with van der Waals surface area (Å²) in [6.45, 7) is 1.12. The molecule has 1 N–H and O–H groups in total. The van der Waals surface area contributed by atoms with Crippen LogP contribution >= 0.6 is 0 Å². The number of amides is 1. The molecular weight excluding hydrogens is 359 g/mol. The zero-order chi connectivity index (χ0) is 18.7. The van der Waals surface area contributed by atoms with Gasteiger partial charge in [-0.25, -0.2) is 17.1 Å². The minimum absolute atomic E-state index is 0.203. The van der Waals surface area contributed by atoms with Crippen molar-refractivity contribution >= 4 is 21.6 Å². The van der Waals surface area contributed by atoms with E-state index in [0.717, 1.165) is 11.8 Å². The quantitative estimate of drug-likeness (QED) is 0.855. The Balaban J connectivity index is 1.59. The molecule has 0 unspecified atom stereocenters. The maximum Gasteiger partial charge on any atom is 0.228 e. The van der Waals surface area contributed by atoms with Crippen molar-refractivity contribution in [2.75, 3.05) is 24.7 Å². The first-order valence-corrected chi connectivity index (χ1v) is 10.2. The third-order valence-electron chi connectivity index (χ3n) is 4.38. The van der Waals surface area contributed by atoms with Crippen molar-refractivity contribution in [1.29, 1.82) is 0 Å². The summed E-state index contributed by atoms with van der Waals surface area (Å²) in [5, 5.41) is 6.98. The number of carbonyl (C=O) groups excluding carboxylic acids is 1. The molecular formula is C17H21FN4O3S. The van der Waals surface area contributed by atoms with E-state index in [1.807, 2.05) is 0 Å². The minimum Gasteiger partial charge on any atom is -0.323 e. The van der Waals surface area contributed by atoms with Crippen LogP contribution in [0.2, 0.25) is 0 Å². The second-order valence-electron chi connectivity index (χ2n) is 6.50. The van der Waals surface area contributed by atoms with Gasteiger partial charge in [0.05, 0.1) is 30.6 Å². The molecule has 3 rings (SSSR count). The maximum atomic E-state index is 12.9. The standard InChI is InChI=1S/C17H21FN4O3S/c1-26(24,25)22-8-2-3-14(11-22)17(23)20-16-9-19-21(12-16)10-13-4-6-15(18)7-5-13/h4-7,9,12,14H,2-3,8,10-11H2,1H3,(H,20,23)/t14-/m1/s1. The first-order chi connectivity index (χ1) is 12.3. The number of nitrogens with one attached hydrogen (secondary N) is 1. The van der Waals surface area contributed by atoms with Crippen molar-refractivity contribution in [3.63, 3.8) is 0 Å². The first kappa shape index (κ1) is 18.5. The summed E-state index contributed by atoms with van der Waals surface area (Å²) in [6.07, 6.45) is 5.71. The lowest BCUT2D eigenvalue weighted by Crippen LogP contribution is -2.43. The van der Waals surface area contributed by atoms with Crippen LogP contribution in [0.5, 0.6) is 0 Å². The SMILES string of the molecule is CS(=O)(=O)N1CCC[C@@H](C(=O)Nc2cnn(Cc3ccc(F)cc3)c2)C1. The summed E-state index contributed by atoms with van der Waals surface area (Å²) in [5.74, 6) is -0.878. The van der Waals surface area contributed by atoms with E-state index in [-0.39, 0.29) is 24.2 Å². The number of nitrogens with zero attached hydrogens (tertiary/aromatic N) is 3. The van der Waals surface area contributed by atoms with E-state index in [4.69, 9.17) is 0 Å². The minimum atomic E-state index is -3.29. The lowest BCUT2D eigenvalue weighted by atomic mass is 9.99. The zero-order valence-electron chi connectivity index (χ0n) is 14.4. The lowest BCUT2D eigenvalue weighted by molar-refractivity contribution is -0.120. The van der Waals surface area contributed by atoms with Crippen LogP contribution in [-0.2, 0) is 21.4 Å². The van der Waals surface area contributed by atoms with Gasteiger partial charge in [0.25, 0.3) is 0 Å². The highest BCUT2D eigenvalue weighted by Crippen LogP contribution is 2.20. The molecule has 9 heteroatoms. The molecule has 1 atom stereocenters. The van der Waals surface area contributed by atoms with Crippen LogP contribution < -0.4 is 5.32 Å². The predicted octanol–water partition coefficient (Wildman–Crippen LogP) is 1.68. The Kier molecular flexibility index (Phi) is 5.38. The van der Waals surface area contributed by atoms with Gasteiger partial charge in [0.1, 0.15) is 5.82 Å². The Bertz CT molecular complexity index is 880. The Labute approximate surface area is 151 Å². The molecule has 1 aromatic heterocycles. The van der Waals surface area contributed by atoms with Gasteiger partial charge in [-0.05, 0) is 30.5 Å². The van der Waals surface area contributed by atoms with Gasteiger partial charge < -0.3 is 5.32 Å². The van der Waals surface area contributed by atoms with Gasteiger partial charge in [-0.2, -0.15) is 5.10 Å². The van der Waals surface area contributed by atoms with Crippen LogP contribution in [0.15, 0.2) is 36.7 Å². The third-order valence-corrected chi connectivity index (χ3v) is 5.65. The van der Waals surface area contributed by atoms with E-state index < -0.39 is 10.0 Å². The zero-order valence-corrected chi connectivity index (χ0v) is 15.2. The Morgan fingerprint density at radius 1 is 1.35 bits per heavy atom. The second-order valence-corrected chi connectivity index (χ2v) is 8.48. The van der Waals surface area contributed by atoms with E-state index in [1.54, 1.807) is 29.2 Å².